The molecule has 58 valence electrons. The quantitative estimate of drug-likeness (QED) is 0.515. The number of rotatable bonds is 1. The Morgan fingerprint density at radius 2 is 2.00 bits per heavy atom. The van der Waals surface area contributed by atoms with Gasteiger partial charge in [-0.05, 0) is 32.6 Å². The average Bonchev–Trinajstić information content (AvgIpc) is 1.88. The van der Waals surface area contributed by atoms with Crippen molar-refractivity contribution in [1.29, 1.82) is 0 Å². The van der Waals surface area contributed by atoms with Crippen LogP contribution in [0.4, 0.5) is 4.39 Å². The zero-order chi connectivity index (χ0) is 7.61. The molecular weight excluding hydrogens is 131 g/mol. The van der Waals surface area contributed by atoms with E-state index < -0.39 is 5.67 Å². The summed E-state index contributed by atoms with van der Waals surface area (Å²) in [6.45, 7) is 1.62. The molecule has 0 N–H and O–H groups in total. The zero-order valence-corrected chi connectivity index (χ0v) is 6.27. The van der Waals surface area contributed by atoms with E-state index in [0.717, 1.165) is 19.1 Å². The molecule has 0 aliphatic heterocycles. The molecule has 0 aromatic carbocycles. The van der Waals surface area contributed by atoms with E-state index in [1.807, 2.05) is 0 Å². The number of halogens is 1. The van der Waals surface area contributed by atoms with Gasteiger partial charge in [-0.3, -0.25) is 0 Å². The van der Waals surface area contributed by atoms with E-state index in [1.54, 1.807) is 6.92 Å². The molecule has 1 aliphatic carbocycles. The minimum atomic E-state index is -1.00. The van der Waals surface area contributed by atoms with Gasteiger partial charge in [0.25, 0.3) is 0 Å². The smallest absolute Gasteiger partial charge is 0.123 e. The summed E-state index contributed by atoms with van der Waals surface area (Å²) in [5.74, 6) is 0.129. The normalized spacial score (nSPS) is 41.2. The topological polar surface area (TPSA) is 17.1 Å². The summed E-state index contributed by atoms with van der Waals surface area (Å²) in [6, 6.07) is 0. The molecular formula is C8H13FO. The second-order valence-corrected chi connectivity index (χ2v) is 3.39. The first kappa shape index (κ1) is 7.70. The van der Waals surface area contributed by atoms with Gasteiger partial charge in [0.2, 0.25) is 0 Å². The maximum Gasteiger partial charge on any atom is 0.123 e. The molecule has 0 amide bonds. The Bertz CT molecular complexity index is 121. The van der Waals surface area contributed by atoms with Crippen LogP contribution in [0, 0.1) is 5.92 Å². The van der Waals surface area contributed by atoms with E-state index in [-0.39, 0.29) is 5.92 Å². The predicted octanol–water partition coefficient (Wildman–Crippen LogP) is 2.10. The van der Waals surface area contributed by atoms with Crippen molar-refractivity contribution in [2.24, 2.45) is 5.92 Å². The molecule has 1 nitrogen and oxygen atoms in total. The van der Waals surface area contributed by atoms with Crippen molar-refractivity contribution in [3.8, 4) is 0 Å². The summed E-state index contributed by atoms with van der Waals surface area (Å²) >= 11 is 0. The number of alkyl halides is 1. The molecule has 2 heteroatoms. The SMILES string of the molecule is CC1(F)CCC(C=O)CC1. The summed E-state index contributed by atoms with van der Waals surface area (Å²) < 4.78 is 13.1. The highest BCUT2D eigenvalue weighted by Gasteiger charge is 2.29. The van der Waals surface area contributed by atoms with Gasteiger partial charge in [-0.25, -0.2) is 4.39 Å². The highest BCUT2D eigenvalue weighted by Crippen LogP contribution is 2.33. The van der Waals surface area contributed by atoms with Gasteiger partial charge in [0.1, 0.15) is 12.0 Å². The molecule has 0 heterocycles. The summed E-state index contributed by atoms with van der Waals surface area (Å²) in [4.78, 5) is 10.2. The van der Waals surface area contributed by atoms with E-state index in [1.165, 1.54) is 0 Å². The largest absolute Gasteiger partial charge is 0.303 e. The summed E-state index contributed by atoms with van der Waals surface area (Å²) in [6.07, 6.45) is 3.52. The molecule has 0 bridgehead atoms. The molecule has 0 unspecified atom stereocenters. The lowest BCUT2D eigenvalue weighted by molar-refractivity contribution is -0.112. The van der Waals surface area contributed by atoms with E-state index in [9.17, 15) is 9.18 Å². The molecule has 0 spiro atoms. The van der Waals surface area contributed by atoms with Gasteiger partial charge < -0.3 is 4.79 Å². The molecule has 1 aliphatic rings. The van der Waals surface area contributed by atoms with E-state index in [0.29, 0.717) is 12.8 Å². The van der Waals surface area contributed by atoms with Crippen molar-refractivity contribution in [3.63, 3.8) is 0 Å². The Labute approximate surface area is 60.6 Å². The molecule has 0 atom stereocenters. The maximum atomic E-state index is 13.1. The first-order chi connectivity index (χ1) is 4.64. The lowest BCUT2D eigenvalue weighted by Gasteiger charge is -2.28. The first-order valence-corrected chi connectivity index (χ1v) is 3.78. The van der Waals surface area contributed by atoms with Crippen LogP contribution in [0.25, 0.3) is 0 Å². The Morgan fingerprint density at radius 3 is 2.40 bits per heavy atom. The van der Waals surface area contributed by atoms with Gasteiger partial charge >= 0.3 is 0 Å². The summed E-state index contributed by atoms with van der Waals surface area (Å²) in [5.41, 5.74) is -1.00. The lowest BCUT2D eigenvalue weighted by atomic mass is 9.82. The molecule has 0 aromatic rings. The Balaban J connectivity index is 2.38. The minimum absolute atomic E-state index is 0.129. The third-order valence-corrected chi connectivity index (χ3v) is 2.27. The number of carbonyl (C=O) groups is 1. The molecule has 1 saturated carbocycles. The van der Waals surface area contributed by atoms with E-state index in [4.69, 9.17) is 0 Å². The standard InChI is InChI=1S/C8H13FO/c1-8(9)4-2-7(6-10)3-5-8/h6-7H,2-5H2,1H3. The van der Waals surface area contributed by atoms with Crippen LogP contribution in [-0.4, -0.2) is 12.0 Å². The molecule has 0 aromatic heterocycles. The van der Waals surface area contributed by atoms with Gasteiger partial charge in [-0.15, -0.1) is 0 Å². The fourth-order valence-electron chi connectivity index (χ4n) is 1.38. The Hall–Kier alpha value is -0.400. The molecule has 10 heavy (non-hydrogen) atoms. The molecule has 0 saturated heterocycles. The summed E-state index contributed by atoms with van der Waals surface area (Å²) in [5, 5.41) is 0. The van der Waals surface area contributed by atoms with Crippen molar-refractivity contribution in [2.75, 3.05) is 0 Å². The molecule has 1 rings (SSSR count). The number of hydrogen-bond donors (Lipinski definition) is 0. The summed E-state index contributed by atoms with van der Waals surface area (Å²) in [7, 11) is 0. The minimum Gasteiger partial charge on any atom is -0.303 e. The molecule has 1 fully saturated rings. The second kappa shape index (κ2) is 2.69. The fraction of sp³-hybridized carbons (Fsp3) is 0.875. The maximum absolute atomic E-state index is 13.1. The average molecular weight is 144 g/mol. The highest BCUT2D eigenvalue weighted by molar-refractivity contribution is 5.53. The van der Waals surface area contributed by atoms with E-state index >= 15 is 0 Å². The lowest BCUT2D eigenvalue weighted by Crippen LogP contribution is -2.26. The van der Waals surface area contributed by atoms with Crippen LogP contribution in [-0.2, 0) is 4.79 Å². The predicted molar refractivity (Wildman–Crippen MR) is 37.5 cm³/mol. The van der Waals surface area contributed by atoms with Crippen LogP contribution in [0.5, 0.6) is 0 Å². The highest BCUT2D eigenvalue weighted by atomic mass is 19.1. The fourth-order valence-corrected chi connectivity index (χ4v) is 1.38. The first-order valence-electron chi connectivity index (χ1n) is 3.78. The monoisotopic (exact) mass is 144 g/mol. The van der Waals surface area contributed by atoms with Gasteiger partial charge in [0.15, 0.2) is 0 Å². The van der Waals surface area contributed by atoms with Gasteiger partial charge in [0.05, 0.1) is 0 Å². The van der Waals surface area contributed by atoms with Crippen molar-refractivity contribution in [1.82, 2.24) is 0 Å². The zero-order valence-electron chi connectivity index (χ0n) is 6.27. The molecule has 0 radical (unpaired) electrons. The van der Waals surface area contributed by atoms with Crippen molar-refractivity contribution < 1.29 is 9.18 Å². The Kier molecular flexibility index (Phi) is 2.07. The van der Waals surface area contributed by atoms with Crippen LogP contribution in [0.1, 0.15) is 32.6 Å². The van der Waals surface area contributed by atoms with Gasteiger partial charge in [-0.2, -0.15) is 0 Å². The van der Waals surface area contributed by atoms with Crippen LogP contribution in [0.15, 0.2) is 0 Å². The van der Waals surface area contributed by atoms with Crippen LogP contribution >= 0.6 is 0 Å². The van der Waals surface area contributed by atoms with Crippen LogP contribution < -0.4 is 0 Å². The third-order valence-electron chi connectivity index (χ3n) is 2.27. The van der Waals surface area contributed by atoms with Crippen molar-refractivity contribution in [3.05, 3.63) is 0 Å². The third kappa shape index (κ3) is 1.79. The number of carbonyl (C=O) groups excluding carboxylic acids is 1. The van der Waals surface area contributed by atoms with Crippen LogP contribution in [0.3, 0.4) is 0 Å². The van der Waals surface area contributed by atoms with Crippen LogP contribution in [0.2, 0.25) is 0 Å². The van der Waals surface area contributed by atoms with Gasteiger partial charge in [0, 0.05) is 5.92 Å². The van der Waals surface area contributed by atoms with Gasteiger partial charge in [-0.1, -0.05) is 0 Å². The second-order valence-electron chi connectivity index (χ2n) is 3.39. The Morgan fingerprint density at radius 1 is 1.50 bits per heavy atom. The van der Waals surface area contributed by atoms with Crippen molar-refractivity contribution >= 4 is 6.29 Å². The number of hydrogen-bond acceptors (Lipinski definition) is 1. The number of aldehydes is 1. The van der Waals surface area contributed by atoms with Crippen molar-refractivity contribution in [2.45, 2.75) is 38.3 Å². The van der Waals surface area contributed by atoms with E-state index in [2.05, 4.69) is 0 Å².